The highest BCUT2D eigenvalue weighted by molar-refractivity contribution is 7.13. The van der Waals surface area contributed by atoms with E-state index in [4.69, 9.17) is 0 Å². The van der Waals surface area contributed by atoms with Gasteiger partial charge in [-0.2, -0.15) is 0 Å². The van der Waals surface area contributed by atoms with Crippen LogP contribution in [0.15, 0.2) is 35.7 Å². The lowest BCUT2D eigenvalue weighted by Gasteiger charge is -2.39. The number of β-amino-alcohol motifs (C(OH)–C–C–N with tert-alkyl or cyclic N) is 1. The van der Waals surface area contributed by atoms with E-state index in [1.54, 1.807) is 16.2 Å². The number of carbonyl (C=O) groups excluding carboxylic acids is 2. The first kappa shape index (κ1) is 26.4. The maximum atomic E-state index is 13.6. The first-order chi connectivity index (χ1) is 15.8. The Morgan fingerprint density at radius 2 is 1.76 bits per heavy atom. The number of likely N-dealkylation sites (tertiary alicyclic amines) is 1. The van der Waals surface area contributed by atoms with E-state index in [1.165, 1.54) is 10.4 Å². The van der Waals surface area contributed by atoms with Crippen LogP contribution in [0.5, 0.6) is 0 Å². The summed E-state index contributed by atoms with van der Waals surface area (Å²) >= 11 is 1.72. The first-order valence-corrected chi connectivity index (χ1v) is 12.8. The van der Waals surface area contributed by atoms with Gasteiger partial charge in [0.15, 0.2) is 0 Å². The zero-order valence-corrected chi connectivity index (χ0v) is 22.3. The summed E-state index contributed by atoms with van der Waals surface area (Å²) in [5.74, 6) is -0.374. The van der Waals surface area contributed by atoms with Crippen molar-refractivity contribution in [2.24, 2.45) is 5.41 Å². The van der Waals surface area contributed by atoms with E-state index in [2.05, 4.69) is 41.1 Å². The van der Waals surface area contributed by atoms with Gasteiger partial charge in [0.2, 0.25) is 11.8 Å². The summed E-state index contributed by atoms with van der Waals surface area (Å²) in [6, 6.07) is 9.14. The molecule has 1 aliphatic heterocycles. The molecular formula is C27H39N3O3S. The predicted octanol–water partition coefficient (Wildman–Crippen LogP) is 4.10. The fourth-order valence-electron chi connectivity index (χ4n) is 4.30. The minimum absolute atomic E-state index is 0.144. The number of aliphatic hydroxyl groups excluding tert-OH is 1. The number of nitrogens with zero attached hydrogens (tertiary/aromatic N) is 1. The standard InChI is InChI=1S/C27H39N3O3S/c1-17-12-13-34-22(17)19-10-8-18(9-11-19)15-28-24(32)21-14-20(31)16-30(21)25(33)23(26(2,3)4)29-27(5,6)7/h8-13,20-21,23,29,31H,14-16H2,1-7H3,(H,28,32)/t20?,21-,23+/m0/s1. The van der Waals surface area contributed by atoms with Crippen LogP contribution in [0.2, 0.25) is 0 Å². The first-order valence-electron chi connectivity index (χ1n) is 11.9. The highest BCUT2D eigenvalue weighted by Gasteiger charge is 2.44. The smallest absolute Gasteiger partial charge is 0.243 e. The molecule has 6 nitrogen and oxygen atoms in total. The third kappa shape index (κ3) is 6.46. The number of carbonyl (C=O) groups is 2. The van der Waals surface area contributed by atoms with Gasteiger partial charge in [0.25, 0.3) is 0 Å². The number of hydrogen-bond acceptors (Lipinski definition) is 5. The summed E-state index contributed by atoms with van der Waals surface area (Å²) in [5, 5.41) is 18.8. The van der Waals surface area contributed by atoms with Crippen molar-refractivity contribution in [3.63, 3.8) is 0 Å². The van der Waals surface area contributed by atoms with Crippen molar-refractivity contribution >= 4 is 23.2 Å². The molecule has 0 radical (unpaired) electrons. The predicted molar refractivity (Wildman–Crippen MR) is 139 cm³/mol. The van der Waals surface area contributed by atoms with Crippen LogP contribution in [0, 0.1) is 12.3 Å². The second-order valence-electron chi connectivity index (χ2n) is 11.4. The minimum Gasteiger partial charge on any atom is -0.391 e. The molecule has 1 unspecified atom stereocenters. The Labute approximate surface area is 207 Å². The van der Waals surface area contributed by atoms with Crippen LogP contribution in [0.4, 0.5) is 0 Å². The molecule has 186 valence electrons. The summed E-state index contributed by atoms with van der Waals surface area (Å²) in [4.78, 5) is 29.5. The quantitative estimate of drug-likeness (QED) is 0.575. The average Bonchev–Trinajstić information content (AvgIpc) is 3.34. The number of benzene rings is 1. The van der Waals surface area contributed by atoms with Crippen molar-refractivity contribution in [1.82, 2.24) is 15.5 Å². The zero-order chi connectivity index (χ0) is 25.3. The van der Waals surface area contributed by atoms with E-state index < -0.39 is 18.2 Å². The second-order valence-corrected chi connectivity index (χ2v) is 12.4. The van der Waals surface area contributed by atoms with Crippen molar-refractivity contribution in [2.75, 3.05) is 6.54 Å². The van der Waals surface area contributed by atoms with Gasteiger partial charge in [-0.05, 0) is 61.2 Å². The minimum atomic E-state index is -0.705. The molecule has 2 amide bonds. The summed E-state index contributed by atoms with van der Waals surface area (Å²) in [6.45, 7) is 14.7. The lowest BCUT2D eigenvalue weighted by Crippen LogP contribution is -2.60. The topological polar surface area (TPSA) is 81.7 Å². The van der Waals surface area contributed by atoms with Crippen LogP contribution in [0.3, 0.4) is 0 Å². The molecule has 34 heavy (non-hydrogen) atoms. The fourth-order valence-corrected chi connectivity index (χ4v) is 5.24. The SMILES string of the molecule is Cc1ccsc1-c1ccc(CNC(=O)[C@@H]2CC(O)CN2C(=O)[C@@H](NC(C)(C)C)C(C)(C)C)cc1. The van der Waals surface area contributed by atoms with E-state index in [-0.39, 0.29) is 35.7 Å². The molecule has 3 rings (SSSR count). The average molecular weight is 486 g/mol. The molecule has 1 fully saturated rings. The third-order valence-corrected chi connectivity index (χ3v) is 7.17. The molecule has 7 heteroatoms. The second kappa shape index (κ2) is 10.2. The lowest BCUT2D eigenvalue weighted by atomic mass is 9.84. The number of thiophene rings is 1. The van der Waals surface area contributed by atoms with E-state index in [1.807, 2.05) is 53.7 Å². The Balaban J connectivity index is 1.68. The van der Waals surface area contributed by atoms with Crippen LogP contribution >= 0.6 is 11.3 Å². The lowest BCUT2D eigenvalue weighted by molar-refractivity contribution is -0.142. The van der Waals surface area contributed by atoms with Crippen molar-refractivity contribution < 1.29 is 14.7 Å². The maximum Gasteiger partial charge on any atom is 0.243 e. The summed E-state index contributed by atoms with van der Waals surface area (Å²) in [5.41, 5.74) is 2.80. The molecular weight excluding hydrogens is 446 g/mol. The number of hydrogen-bond donors (Lipinski definition) is 3. The number of rotatable bonds is 6. The summed E-state index contributed by atoms with van der Waals surface area (Å²) in [7, 11) is 0. The van der Waals surface area contributed by atoms with Gasteiger partial charge in [0.05, 0.1) is 12.1 Å². The largest absolute Gasteiger partial charge is 0.391 e. The molecule has 1 aliphatic rings. The van der Waals surface area contributed by atoms with E-state index in [0.29, 0.717) is 6.54 Å². The van der Waals surface area contributed by atoms with Crippen LogP contribution in [-0.2, 0) is 16.1 Å². The number of nitrogens with one attached hydrogen (secondary N) is 2. The van der Waals surface area contributed by atoms with Crippen LogP contribution < -0.4 is 10.6 Å². The molecule has 3 N–H and O–H groups in total. The van der Waals surface area contributed by atoms with Gasteiger partial charge in [0.1, 0.15) is 6.04 Å². The number of aryl methyl sites for hydroxylation is 1. The Bertz CT molecular complexity index is 1000. The van der Waals surface area contributed by atoms with E-state index in [0.717, 1.165) is 11.1 Å². The molecule has 1 aromatic carbocycles. The molecule has 3 atom stereocenters. The van der Waals surface area contributed by atoms with Gasteiger partial charge >= 0.3 is 0 Å². The van der Waals surface area contributed by atoms with Gasteiger partial charge in [-0.15, -0.1) is 11.3 Å². The number of amides is 2. The summed E-state index contributed by atoms with van der Waals surface area (Å²) < 4.78 is 0. The highest BCUT2D eigenvalue weighted by Crippen LogP contribution is 2.30. The third-order valence-electron chi connectivity index (χ3n) is 6.10. The summed E-state index contributed by atoms with van der Waals surface area (Å²) in [6.07, 6.45) is -0.455. The maximum absolute atomic E-state index is 13.6. The molecule has 1 aromatic heterocycles. The number of aliphatic hydroxyl groups is 1. The Hall–Kier alpha value is -2.22. The molecule has 0 spiro atoms. The molecule has 1 saturated heterocycles. The Morgan fingerprint density at radius 3 is 2.29 bits per heavy atom. The van der Waals surface area contributed by atoms with Crippen molar-refractivity contribution in [3.05, 3.63) is 46.8 Å². The molecule has 2 aromatic rings. The van der Waals surface area contributed by atoms with Gasteiger partial charge in [0, 0.05) is 29.9 Å². The molecule has 2 heterocycles. The fraction of sp³-hybridized carbons (Fsp3) is 0.556. The molecule has 0 bridgehead atoms. The highest BCUT2D eigenvalue weighted by atomic mass is 32.1. The normalized spacial score (nSPS) is 19.8. The van der Waals surface area contributed by atoms with Crippen LogP contribution in [-0.4, -0.2) is 52.1 Å². The van der Waals surface area contributed by atoms with Gasteiger partial charge in [-0.25, -0.2) is 0 Å². The molecule has 0 saturated carbocycles. The van der Waals surface area contributed by atoms with E-state index >= 15 is 0 Å². The van der Waals surface area contributed by atoms with Crippen LogP contribution in [0.1, 0.15) is 59.1 Å². The van der Waals surface area contributed by atoms with Gasteiger partial charge in [-0.1, -0.05) is 45.0 Å². The zero-order valence-electron chi connectivity index (χ0n) is 21.4. The van der Waals surface area contributed by atoms with Crippen LogP contribution in [0.25, 0.3) is 10.4 Å². The van der Waals surface area contributed by atoms with Gasteiger partial charge < -0.3 is 20.6 Å². The van der Waals surface area contributed by atoms with Crippen molar-refractivity contribution in [3.8, 4) is 10.4 Å². The van der Waals surface area contributed by atoms with Crippen molar-refractivity contribution in [1.29, 1.82) is 0 Å². The van der Waals surface area contributed by atoms with Gasteiger partial charge in [-0.3, -0.25) is 9.59 Å². The molecule has 0 aliphatic carbocycles. The van der Waals surface area contributed by atoms with E-state index in [9.17, 15) is 14.7 Å². The monoisotopic (exact) mass is 485 g/mol. The Morgan fingerprint density at radius 1 is 1.12 bits per heavy atom. The van der Waals surface area contributed by atoms with Crippen molar-refractivity contribution in [2.45, 2.75) is 85.2 Å². The Kier molecular flexibility index (Phi) is 7.90.